The first-order chi connectivity index (χ1) is 11.1. The van der Waals surface area contributed by atoms with Crippen molar-refractivity contribution in [2.24, 2.45) is 0 Å². The van der Waals surface area contributed by atoms with Gasteiger partial charge in [0, 0.05) is 11.4 Å². The Morgan fingerprint density at radius 1 is 1.35 bits per heavy atom. The van der Waals surface area contributed by atoms with Crippen molar-refractivity contribution < 1.29 is 14.4 Å². The van der Waals surface area contributed by atoms with Crippen LogP contribution in [-0.4, -0.2) is 41.4 Å². The molecule has 1 aromatic heterocycles. The Hall–Kier alpha value is -1.89. The van der Waals surface area contributed by atoms with Gasteiger partial charge in [0.1, 0.15) is 5.54 Å². The molecule has 0 unspecified atom stereocenters. The van der Waals surface area contributed by atoms with Gasteiger partial charge in [-0.05, 0) is 49.1 Å². The number of thiophene rings is 1. The summed E-state index contributed by atoms with van der Waals surface area (Å²) in [4.78, 5) is 39.7. The molecule has 2 aliphatic heterocycles. The lowest BCUT2D eigenvalue weighted by molar-refractivity contribution is -0.137. The number of urea groups is 1. The highest BCUT2D eigenvalue weighted by molar-refractivity contribution is 7.10. The number of hydrogen-bond donors (Lipinski definition) is 2. The van der Waals surface area contributed by atoms with Gasteiger partial charge in [-0.3, -0.25) is 14.9 Å². The molecule has 0 aromatic carbocycles. The molecule has 1 aromatic rings. The minimum Gasteiger partial charge on any atom is -0.339 e. The average molecular weight is 333 g/mol. The number of fused-ring (bicyclic) bond motifs is 1. The molecule has 7 heteroatoms. The molecule has 2 N–H and O–H groups in total. The zero-order chi connectivity index (χ0) is 16.0. The van der Waals surface area contributed by atoms with Crippen molar-refractivity contribution in [3.63, 3.8) is 0 Å². The van der Waals surface area contributed by atoms with E-state index in [1.807, 2.05) is 0 Å². The molecule has 0 saturated carbocycles. The summed E-state index contributed by atoms with van der Waals surface area (Å²) in [7, 11) is 0. The van der Waals surface area contributed by atoms with E-state index >= 15 is 0 Å². The lowest BCUT2D eigenvalue weighted by atomic mass is 9.84. The molecule has 1 aliphatic carbocycles. The van der Waals surface area contributed by atoms with Gasteiger partial charge in [-0.15, -0.1) is 11.3 Å². The van der Waals surface area contributed by atoms with E-state index in [1.165, 1.54) is 4.88 Å². The van der Waals surface area contributed by atoms with E-state index in [0.29, 0.717) is 13.0 Å². The lowest BCUT2D eigenvalue weighted by Gasteiger charge is -2.40. The van der Waals surface area contributed by atoms with Gasteiger partial charge in [-0.1, -0.05) is 0 Å². The molecule has 0 bridgehead atoms. The molecular formula is C16H19N3O3S. The number of imide groups is 1. The predicted molar refractivity (Wildman–Crippen MR) is 85.2 cm³/mol. The maximum Gasteiger partial charge on any atom is 0.322 e. The van der Waals surface area contributed by atoms with Gasteiger partial charge in [0.2, 0.25) is 5.91 Å². The fourth-order valence-electron chi connectivity index (χ4n) is 4.02. The van der Waals surface area contributed by atoms with Crippen molar-refractivity contribution in [2.75, 3.05) is 13.1 Å². The topological polar surface area (TPSA) is 78.5 Å². The van der Waals surface area contributed by atoms with E-state index in [0.717, 1.165) is 31.2 Å². The van der Waals surface area contributed by atoms with Crippen molar-refractivity contribution in [1.29, 1.82) is 0 Å². The zero-order valence-corrected chi connectivity index (χ0v) is 13.6. The smallest absolute Gasteiger partial charge is 0.322 e. The van der Waals surface area contributed by atoms with Gasteiger partial charge in [-0.2, -0.15) is 0 Å². The normalized spacial score (nSPS) is 30.1. The monoisotopic (exact) mass is 333 g/mol. The van der Waals surface area contributed by atoms with Gasteiger partial charge >= 0.3 is 6.03 Å². The molecule has 3 aliphatic rings. The maximum atomic E-state index is 13.0. The van der Waals surface area contributed by atoms with Crippen LogP contribution in [0.25, 0.3) is 0 Å². The lowest BCUT2D eigenvalue weighted by Crippen LogP contribution is -2.60. The summed E-state index contributed by atoms with van der Waals surface area (Å²) in [5, 5.41) is 7.09. The maximum absolute atomic E-state index is 13.0. The Bertz CT molecular complexity index is 686. The van der Waals surface area contributed by atoms with Crippen molar-refractivity contribution in [2.45, 2.75) is 43.6 Å². The summed E-state index contributed by atoms with van der Waals surface area (Å²) in [6.45, 7) is 0.930. The summed E-state index contributed by atoms with van der Waals surface area (Å²) in [6, 6.07) is 1.60. The largest absolute Gasteiger partial charge is 0.339 e. The highest BCUT2D eigenvalue weighted by atomic mass is 32.1. The Labute approximate surface area is 138 Å². The van der Waals surface area contributed by atoms with Gasteiger partial charge < -0.3 is 10.2 Å². The van der Waals surface area contributed by atoms with Crippen LogP contribution in [0.4, 0.5) is 4.79 Å². The molecule has 23 heavy (non-hydrogen) atoms. The summed E-state index contributed by atoms with van der Waals surface area (Å²) in [5.74, 6) is -0.308. The van der Waals surface area contributed by atoms with Crippen LogP contribution in [0.15, 0.2) is 11.4 Å². The van der Waals surface area contributed by atoms with E-state index in [4.69, 9.17) is 0 Å². The molecule has 2 fully saturated rings. The zero-order valence-electron chi connectivity index (χ0n) is 12.8. The summed E-state index contributed by atoms with van der Waals surface area (Å²) in [5.41, 5.74) is 0.225. The molecule has 3 heterocycles. The van der Waals surface area contributed by atoms with E-state index in [1.54, 1.807) is 16.2 Å². The van der Waals surface area contributed by atoms with Gasteiger partial charge in [0.25, 0.3) is 5.91 Å². The van der Waals surface area contributed by atoms with Crippen LogP contribution in [0.5, 0.6) is 0 Å². The average Bonchev–Trinajstić information content (AvgIpc) is 3.11. The number of nitrogens with zero attached hydrogens (tertiary/aromatic N) is 1. The predicted octanol–water partition coefficient (Wildman–Crippen LogP) is 1.37. The van der Waals surface area contributed by atoms with E-state index in [2.05, 4.69) is 22.1 Å². The van der Waals surface area contributed by atoms with Crippen LogP contribution in [0, 0.1) is 0 Å². The Kier molecular flexibility index (Phi) is 3.41. The van der Waals surface area contributed by atoms with E-state index in [-0.39, 0.29) is 24.3 Å². The van der Waals surface area contributed by atoms with Crippen LogP contribution in [0.2, 0.25) is 0 Å². The molecule has 1 spiro atoms. The highest BCUT2D eigenvalue weighted by Gasteiger charge is 2.50. The van der Waals surface area contributed by atoms with Gasteiger partial charge in [-0.25, -0.2) is 4.79 Å². The van der Waals surface area contributed by atoms with Gasteiger partial charge in [0.05, 0.1) is 12.5 Å². The number of carbonyl (C=O) groups excluding carboxylic acids is 3. The third kappa shape index (κ3) is 2.34. The van der Waals surface area contributed by atoms with Crippen molar-refractivity contribution >= 4 is 29.2 Å². The molecule has 6 nitrogen and oxygen atoms in total. The standard InChI is InChI=1S/C16H19N3O3S/c20-13(11-3-1-4-12-10(11)5-8-23-12)19-7-2-6-16(9-19)14(21)17-15(22)18-16/h5,8,11H,1-4,6-7,9H2,(H2,17,18,21,22)/t11-,16+/m0/s1. The number of rotatable bonds is 1. The van der Waals surface area contributed by atoms with E-state index < -0.39 is 11.6 Å². The molecule has 122 valence electrons. The minimum absolute atomic E-state index is 0.0948. The molecule has 2 saturated heterocycles. The number of amides is 4. The molecule has 0 radical (unpaired) electrons. The van der Waals surface area contributed by atoms with Crippen LogP contribution in [0.3, 0.4) is 0 Å². The van der Waals surface area contributed by atoms with Crippen LogP contribution in [0.1, 0.15) is 42.0 Å². The number of likely N-dealkylation sites (tertiary alicyclic amines) is 1. The van der Waals surface area contributed by atoms with Crippen LogP contribution >= 0.6 is 11.3 Å². The SMILES string of the molecule is O=C1NC(=O)[C@]2(CCCN(C(=O)[C@H]3CCCc4sccc43)C2)N1. The van der Waals surface area contributed by atoms with E-state index in [9.17, 15) is 14.4 Å². The first-order valence-corrected chi connectivity index (χ1v) is 8.96. The number of carbonyl (C=O) groups is 3. The van der Waals surface area contributed by atoms with Crippen LogP contribution in [-0.2, 0) is 16.0 Å². The Balaban J connectivity index is 1.56. The fourth-order valence-corrected chi connectivity index (χ4v) is 5.01. The quantitative estimate of drug-likeness (QED) is 0.762. The molecular weight excluding hydrogens is 314 g/mol. The minimum atomic E-state index is -0.933. The first kappa shape index (κ1) is 14.7. The summed E-state index contributed by atoms with van der Waals surface area (Å²) in [6.07, 6.45) is 4.26. The molecule has 4 amide bonds. The molecule has 2 atom stereocenters. The number of aryl methyl sites for hydroxylation is 1. The van der Waals surface area contributed by atoms with Crippen molar-refractivity contribution in [1.82, 2.24) is 15.5 Å². The third-order valence-electron chi connectivity index (χ3n) is 5.17. The van der Waals surface area contributed by atoms with Crippen molar-refractivity contribution in [3.05, 3.63) is 21.9 Å². The first-order valence-electron chi connectivity index (χ1n) is 8.08. The Morgan fingerprint density at radius 3 is 3.00 bits per heavy atom. The number of nitrogens with one attached hydrogen (secondary N) is 2. The van der Waals surface area contributed by atoms with Crippen LogP contribution < -0.4 is 10.6 Å². The Morgan fingerprint density at radius 2 is 2.22 bits per heavy atom. The summed E-state index contributed by atoms with van der Waals surface area (Å²) < 4.78 is 0. The second-order valence-electron chi connectivity index (χ2n) is 6.60. The number of hydrogen-bond acceptors (Lipinski definition) is 4. The van der Waals surface area contributed by atoms with Crippen molar-refractivity contribution in [3.8, 4) is 0 Å². The second kappa shape index (κ2) is 5.33. The summed E-state index contributed by atoms with van der Waals surface area (Å²) >= 11 is 1.72. The number of piperidine rings is 1. The molecule has 4 rings (SSSR count). The second-order valence-corrected chi connectivity index (χ2v) is 7.60. The fraction of sp³-hybridized carbons (Fsp3) is 0.562. The van der Waals surface area contributed by atoms with Gasteiger partial charge in [0.15, 0.2) is 0 Å². The third-order valence-corrected chi connectivity index (χ3v) is 6.17. The highest BCUT2D eigenvalue weighted by Crippen LogP contribution is 2.37.